The standard InChI is InChI=1S/C15H21ClN2O3/c16-10-14(19)13(8-4-5-9-17)18-15(20)21-11-12-6-2-1-3-7-12/h1-3,6-7,13H,4-5,8-11,17H2,(H,18,20)/t13-/m0/s1. The minimum atomic E-state index is -0.616. The highest BCUT2D eigenvalue weighted by molar-refractivity contribution is 6.28. The minimum Gasteiger partial charge on any atom is -0.445 e. The molecule has 0 spiro atoms. The fraction of sp³-hybridized carbons (Fsp3) is 0.467. The van der Waals surface area contributed by atoms with Crippen LogP contribution in [0.5, 0.6) is 0 Å². The highest BCUT2D eigenvalue weighted by atomic mass is 35.5. The van der Waals surface area contributed by atoms with E-state index in [0.29, 0.717) is 13.0 Å². The third-order valence-corrected chi connectivity index (χ3v) is 3.24. The van der Waals surface area contributed by atoms with Gasteiger partial charge in [0.2, 0.25) is 0 Å². The molecule has 0 aromatic heterocycles. The van der Waals surface area contributed by atoms with Gasteiger partial charge in [0.15, 0.2) is 5.78 Å². The number of hydrogen-bond acceptors (Lipinski definition) is 4. The maximum absolute atomic E-state index is 11.7. The number of Topliss-reactive ketones (excluding diaryl/α,β-unsaturated/α-hetero) is 1. The van der Waals surface area contributed by atoms with E-state index in [1.807, 2.05) is 30.3 Å². The summed E-state index contributed by atoms with van der Waals surface area (Å²) in [5.74, 6) is -0.350. The summed E-state index contributed by atoms with van der Waals surface area (Å²) in [6.45, 7) is 0.720. The average Bonchev–Trinajstić information content (AvgIpc) is 2.52. The molecule has 21 heavy (non-hydrogen) atoms. The van der Waals surface area contributed by atoms with Crippen molar-refractivity contribution in [3.05, 3.63) is 35.9 Å². The summed E-state index contributed by atoms with van der Waals surface area (Å²) >= 11 is 5.55. The van der Waals surface area contributed by atoms with Gasteiger partial charge in [-0.2, -0.15) is 0 Å². The fourth-order valence-electron chi connectivity index (χ4n) is 1.81. The van der Waals surface area contributed by atoms with Crippen LogP contribution < -0.4 is 11.1 Å². The number of nitrogens with two attached hydrogens (primary N) is 1. The van der Waals surface area contributed by atoms with E-state index >= 15 is 0 Å². The molecule has 0 aliphatic carbocycles. The van der Waals surface area contributed by atoms with Crippen LogP contribution in [0.4, 0.5) is 4.79 Å². The van der Waals surface area contributed by atoms with E-state index < -0.39 is 12.1 Å². The van der Waals surface area contributed by atoms with Crippen molar-refractivity contribution in [3.8, 4) is 0 Å². The lowest BCUT2D eigenvalue weighted by Gasteiger charge is -2.16. The molecule has 0 bridgehead atoms. The molecule has 0 unspecified atom stereocenters. The van der Waals surface area contributed by atoms with E-state index in [0.717, 1.165) is 18.4 Å². The molecule has 5 nitrogen and oxygen atoms in total. The molecule has 1 aromatic carbocycles. The Morgan fingerprint density at radius 3 is 2.57 bits per heavy atom. The highest BCUT2D eigenvalue weighted by Gasteiger charge is 2.20. The van der Waals surface area contributed by atoms with Gasteiger partial charge in [0, 0.05) is 0 Å². The Balaban J connectivity index is 2.41. The zero-order chi connectivity index (χ0) is 15.5. The van der Waals surface area contributed by atoms with E-state index in [-0.39, 0.29) is 18.3 Å². The number of rotatable bonds is 9. The van der Waals surface area contributed by atoms with E-state index in [2.05, 4.69) is 5.32 Å². The first-order valence-corrected chi connectivity index (χ1v) is 7.46. The predicted molar refractivity (Wildman–Crippen MR) is 82.2 cm³/mol. The lowest BCUT2D eigenvalue weighted by Crippen LogP contribution is -2.41. The van der Waals surface area contributed by atoms with Crippen LogP contribution in [0.1, 0.15) is 24.8 Å². The van der Waals surface area contributed by atoms with Gasteiger partial charge in [-0.05, 0) is 31.4 Å². The SMILES string of the molecule is NCCCC[C@H](NC(=O)OCc1ccccc1)C(=O)CCl. The molecule has 1 atom stereocenters. The monoisotopic (exact) mass is 312 g/mol. The molecule has 0 saturated carbocycles. The Hall–Kier alpha value is -1.59. The number of unbranched alkanes of at least 4 members (excludes halogenated alkanes) is 1. The van der Waals surface area contributed by atoms with Crippen molar-refractivity contribution in [3.63, 3.8) is 0 Å². The van der Waals surface area contributed by atoms with E-state index in [9.17, 15) is 9.59 Å². The molecular formula is C15H21ClN2O3. The lowest BCUT2D eigenvalue weighted by molar-refractivity contribution is -0.118. The third kappa shape index (κ3) is 7.11. The van der Waals surface area contributed by atoms with Crippen LogP contribution in [-0.4, -0.2) is 30.3 Å². The van der Waals surface area contributed by atoms with Crippen molar-refractivity contribution in [1.82, 2.24) is 5.32 Å². The zero-order valence-electron chi connectivity index (χ0n) is 11.9. The zero-order valence-corrected chi connectivity index (χ0v) is 12.6. The summed E-state index contributed by atoms with van der Waals surface area (Å²) in [5, 5.41) is 2.56. The second-order valence-corrected chi connectivity index (χ2v) is 4.91. The molecule has 1 rings (SSSR count). The number of nitrogens with one attached hydrogen (secondary N) is 1. The molecule has 0 saturated heterocycles. The maximum Gasteiger partial charge on any atom is 0.408 e. The van der Waals surface area contributed by atoms with Crippen molar-refractivity contribution < 1.29 is 14.3 Å². The van der Waals surface area contributed by atoms with Crippen molar-refractivity contribution in [2.75, 3.05) is 12.4 Å². The quantitative estimate of drug-likeness (QED) is 0.541. The van der Waals surface area contributed by atoms with Crippen LogP contribution in [0.25, 0.3) is 0 Å². The van der Waals surface area contributed by atoms with Crippen LogP contribution >= 0.6 is 11.6 Å². The van der Waals surface area contributed by atoms with Gasteiger partial charge in [0.1, 0.15) is 6.61 Å². The van der Waals surface area contributed by atoms with Gasteiger partial charge in [0.05, 0.1) is 11.9 Å². The highest BCUT2D eigenvalue weighted by Crippen LogP contribution is 2.05. The number of amides is 1. The summed E-state index contributed by atoms with van der Waals surface area (Å²) in [6.07, 6.45) is 1.45. The second-order valence-electron chi connectivity index (χ2n) is 4.64. The molecular weight excluding hydrogens is 292 g/mol. The molecule has 6 heteroatoms. The molecule has 3 N–H and O–H groups in total. The first-order valence-electron chi connectivity index (χ1n) is 6.93. The maximum atomic E-state index is 11.7. The summed E-state index contributed by atoms with van der Waals surface area (Å²) in [6, 6.07) is 8.71. The van der Waals surface area contributed by atoms with Crippen molar-refractivity contribution >= 4 is 23.5 Å². The van der Waals surface area contributed by atoms with Crippen molar-refractivity contribution in [1.29, 1.82) is 0 Å². The summed E-state index contributed by atoms with van der Waals surface area (Å²) in [4.78, 5) is 23.4. The number of ether oxygens (including phenoxy) is 1. The van der Waals surface area contributed by atoms with E-state index in [1.165, 1.54) is 0 Å². The van der Waals surface area contributed by atoms with Crippen LogP contribution in [-0.2, 0) is 16.1 Å². The predicted octanol–water partition coefficient (Wildman–Crippen LogP) is 2.22. The molecule has 0 aliphatic heterocycles. The van der Waals surface area contributed by atoms with Crippen LogP contribution in [0.3, 0.4) is 0 Å². The van der Waals surface area contributed by atoms with Gasteiger partial charge in [-0.25, -0.2) is 4.79 Å². The van der Waals surface area contributed by atoms with Gasteiger partial charge < -0.3 is 15.8 Å². The summed E-state index contributed by atoms with van der Waals surface area (Å²) in [7, 11) is 0. The van der Waals surface area contributed by atoms with E-state index in [4.69, 9.17) is 22.1 Å². The smallest absolute Gasteiger partial charge is 0.408 e. The Kier molecular flexibility index (Phi) is 8.47. The Labute approximate surface area is 129 Å². The summed E-state index contributed by atoms with van der Waals surface area (Å²) in [5.41, 5.74) is 6.30. The van der Waals surface area contributed by atoms with E-state index in [1.54, 1.807) is 0 Å². The average molecular weight is 313 g/mol. The number of hydrogen-bond donors (Lipinski definition) is 2. The number of carbonyl (C=O) groups excluding carboxylic acids is 2. The van der Waals surface area contributed by atoms with Gasteiger partial charge >= 0.3 is 6.09 Å². The van der Waals surface area contributed by atoms with Crippen molar-refractivity contribution in [2.45, 2.75) is 31.9 Å². The summed E-state index contributed by atoms with van der Waals surface area (Å²) < 4.78 is 5.09. The largest absolute Gasteiger partial charge is 0.445 e. The lowest BCUT2D eigenvalue weighted by atomic mass is 10.1. The molecule has 0 fully saturated rings. The first kappa shape index (κ1) is 17.5. The second kappa shape index (κ2) is 10.2. The number of halogens is 1. The number of ketones is 1. The first-order chi connectivity index (χ1) is 10.2. The Morgan fingerprint density at radius 2 is 1.95 bits per heavy atom. The van der Waals surface area contributed by atoms with Gasteiger partial charge in [-0.15, -0.1) is 11.6 Å². The third-order valence-electron chi connectivity index (χ3n) is 2.97. The molecule has 1 aromatic rings. The molecule has 0 radical (unpaired) electrons. The molecule has 1 amide bonds. The molecule has 0 aliphatic rings. The van der Waals surface area contributed by atoms with Crippen LogP contribution in [0.15, 0.2) is 30.3 Å². The van der Waals surface area contributed by atoms with Crippen LogP contribution in [0.2, 0.25) is 0 Å². The fourth-order valence-corrected chi connectivity index (χ4v) is 1.99. The number of alkyl halides is 1. The van der Waals surface area contributed by atoms with Gasteiger partial charge in [-0.3, -0.25) is 4.79 Å². The Morgan fingerprint density at radius 1 is 1.24 bits per heavy atom. The molecule has 116 valence electrons. The molecule has 0 heterocycles. The van der Waals surface area contributed by atoms with Crippen LogP contribution in [0, 0.1) is 0 Å². The Bertz CT molecular complexity index is 440. The van der Waals surface area contributed by atoms with Gasteiger partial charge in [-0.1, -0.05) is 30.3 Å². The normalized spacial score (nSPS) is 11.7. The number of benzene rings is 1. The minimum absolute atomic E-state index is 0.133. The van der Waals surface area contributed by atoms with Gasteiger partial charge in [0.25, 0.3) is 0 Å². The van der Waals surface area contributed by atoms with Crippen molar-refractivity contribution in [2.24, 2.45) is 5.73 Å². The number of alkyl carbamates (subject to hydrolysis) is 1. The topological polar surface area (TPSA) is 81.4 Å². The number of carbonyl (C=O) groups is 2.